The van der Waals surface area contributed by atoms with Crippen LogP contribution in [0.1, 0.15) is 60.9 Å². The Morgan fingerprint density at radius 3 is 2.46 bits per heavy atom. The normalized spacial score (nSPS) is 22.7. The summed E-state index contributed by atoms with van der Waals surface area (Å²) in [6, 6.07) is 32.4. The molecule has 4 heterocycles. The van der Waals surface area contributed by atoms with Gasteiger partial charge in [-0.15, -0.1) is 5.10 Å². The Kier molecular flexibility index (Phi) is 11.0. The maximum absolute atomic E-state index is 15.3. The minimum absolute atomic E-state index is 0.0536. The van der Waals surface area contributed by atoms with Crippen LogP contribution in [0.3, 0.4) is 0 Å². The van der Waals surface area contributed by atoms with Gasteiger partial charge in [-0.1, -0.05) is 101 Å². The zero-order valence-corrected chi connectivity index (χ0v) is 35.6. The van der Waals surface area contributed by atoms with Crippen LogP contribution in [-0.4, -0.2) is 66.4 Å². The molecule has 0 radical (unpaired) electrons. The fraction of sp³-hybridized carbons (Fsp3) is 0.378. The number of aliphatic hydroxyl groups excluding tert-OH is 1. The van der Waals surface area contributed by atoms with Crippen molar-refractivity contribution in [3.63, 3.8) is 0 Å². The van der Waals surface area contributed by atoms with E-state index >= 15 is 4.79 Å². The molecule has 296 valence electrons. The Balaban J connectivity index is 1.12. The lowest BCUT2D eigenvalue weighted by Gasteiger charge is -2.37. The molecule has 1 spiro atoms. The number of piperidine rings is 1. The molecule has 5 aromatic rings. The maximum Gasteiger partial charge on any atom is 0.264 e. The first-order valence-electron chi connectivity index (χ1n) is 19.9. The Labute approximate surface area is 343 Å². The lowest BCUT2D eigenvalue weighted by Crippen LogP contribution is -2.51. The van der Waals surface area contributed by atoms with Crippen molar-refractivity contribution in [2.24, 2.45) is 5.92 Å². The molecule has 1 aromatic heterocycles. The number of hydrogen-bond donors (Lipinski definition) is 1. The van der Waals surface area contributed by atoms with E-state index in [-0.39, 0.29) is 41.9 Å². The summed E-state index contributed by atoms with van der Waals surface area (Å²) < 4.78 is 15.6. The van der Waals surface area contributed by atoms with Gasteiger partial charge >= 0.3 is 0 Å². The predicted octanol–water partition coefficient (Wildman–Crippen LogP) is 7.54. The quantitative estimate of drug-likeness (QED) is 0.129. The van der Waals surface area contributed by atoms with Crippen molar-refractivity contribution >= 4 is 52.4 Å². The number of aliphatic hydroxyl groups is 1. The first-order valence-corrected chi connectivity index (χ1v) is 23.8. The number of aromatic nitrogens is 3. The van der Waals surface area contributed by atoms with Gasteiger partial charge in [0, 0.05) is 47.3 Å². The van der Waals surface area contributed by atoms with Crippen molar-refractivity contribution in [3.05, 3.63) is 130 Å². The van der Waals surface area contributed by atoms with E-state index in [4.69, 9.17) is 9.47 Å². The summed E-state index contributed by atoms with van der Waals surface area (Å²) in [5.74, 6) is 0.477. The number of methoxy groups -OCH3 is 1. The van der Waals surface area contributed by atoms with Gasteiger partial charge in [-0.25, -0.2) is 0 Å². The third-order valence-corrected chi connectivity index (χ3v) is 17.5. The van der Waals surface area contributed by atoms with E-state index in [1.165, 1.54) is 5.19 Å². The number of anilines is 2. The topological polar surface area (TPSA) is 110 Å². The van der Waals surface area contributed by atoms with Crippen molar-refractivity contribution in [2.75, 3.05) is 30.1 Å². The third kappa shape index (κ3) is 7.15. The Bertz CT molecular complexity index is 2230. The largest absolute Gasteiger partial charge is 0.497 e. The first kappa shape index (κ1) is 39.2. The fourth-order valence-electron chi connectivity index (χ4n) is 9.65. The molecule has 4 aromatic carbocycles. The summed E-state index contributed by atoms with van der Waals surface area (Å²) in [6.45, 7) is 8.55. The summed E-state index contributed by atoms with van der Waals surface area (Å²) in [5, 5.41) is 20.6. The van der Waals surface area contributed by atoms with Crippen LogP contribution in [0.2, 0.25) is 18.6 Å². The molecule has 3 aliphatic heterocycles. The molecule has 1 N–H and O–H groups in total. The highest BCUT2D eigenvalue weighted by molar-refractivity contribution is 9.10. The number of rotatable bonds is 12. The van der Waals surface area contributed by atoms with Crippen LogP contribution in [0.4, 0.5) is 11.4 Å². The molecular weight excluding hydrogens is 799 g/mol. The number of aryl methyl sites for hydroxylation is 1. The Hall–Kier alpha value is -4.62. The predicted molar refractivity (Wildman–Crippen MR) is 228 cm³/mol. The number of carbonyl (C=O) groups excluding carboxylic acids is 2. The average molecular weight is 849 g/mol. The first-order chi connectivity index (χ1) is 27.5. The van der Waals surface area contributed by atoms with Crippen molar-refractivity contribution in [1.29, 1.82) is 0 Å². The van der Waals surface area contributed by atoms with Gasteiger partial charge in [0.1, 0.15) is 5.75 Å². The van der Waals surface area contributed by atoms with Crippen LogP contribution in [-0.2, 0) is 33.0 Å². The number of carbonyl (C=O) groups is 2. The highest BCUT2D eigenvalue weighted by Gasteiger charge is 2.66. The van der Waals surface area contributed by atoms with Gasteiger partial charge < -0.3 is 24.4 Å². The van der Waals surface area contributed by atoms with Gasteiger partial charge in [-0.2, -0.15) is 0 Å². The van der Waals surface area contributed by atoms with Crippen LogP contribution in [0.5, 0.6) is 5.75 Å². The van der Waals surface area contributed by atoms with Crippen LogP contribution >= 0.6 is 15.9 Å². The molecule has 3 aliphatic rings. The Morgan fingerprint density at radius 1 is 1.00 bits per heavy atom. The van der Waals surface area contributed by atoms with Crippen molar-refractivity contribution in [3.8, 4) is 5.75 Å². The highest BCUT2D eigenvalue weighted by Crippen LogP contribution is 2.60. The van der Waals surface area contributed by atoms with Gasteiger partial charge in [0.15, 0.2) is 5.60 Å². The number of fused-ring (bicyclic) bond motifs is 2. The van der Waals surface area contributed by atoms with Crippen LogP contribution in [0.15, 0.2) is 108 Å². The minimum atomic E-state index is -2.37. The fourth-order valence-corrected chi connectivity index (χ4v) is 14.1. The minimum Gasteiger partial charge on any atom is -0.497 e. The molecule has 0 bridgehead atoms. The van der Waals surface area contributed by atoms with E-state index in [0.29, 0.717) is 31.6 Å². The van der Waals surface area contributed by atoms with Crippen molar-refractivity contribution in [2.45, 2.75) is 82.0 Å². The summed E-state index contributed by atoms with van der Waals surface area (Å²) >= 11 is 3.73. The number of benzene rings is 4. The summed E-state index contributed by atoms with van der Waals surface area (Å²) in [7, 11) is -0.685. The van der Waals surface area contributed by atoms with Gasteiger partial charge in [-0.3, -0.25) is 14.3 Å². The molecule has 57 heavy (non-hydrogen) atoms. The molecule has 2 saturated heterocycles. The van der Waals surface area contributed by atoms with Crippen LogP contribution in [0, 0.1) is 5.92 Å². The van der Waals surface area contributed by atoms with Gasteiger partial charge in [-0.05, 0) is 78.4 Å². The molecule has 1 unspecified atom stereocenters. The summed E-state index contributed by atoms with van der Waals surface area (Å²) in [6.07, 6.45) is 4.79. The molecular formula is C45H50BrN5O5Si. The van der Waals surface area contributed by atoms with Gasteiger partial charge in [0.2, 0.25) is 5.91 Å². The third-order valence-electron chi connectivity index (χ3n) is 12.7. The number of ether oxygens (including phenoxy) is 2. The smallest absolute Gasteiger partial charge is 0.264 e. The van der Waals surface area contributed by atoms with E-state index in [1.807, 2.05) is 99.5 Å². The highest BCUT2D eigenvalue weighted by atomic mass is 79.9. The average Bonchev–Trinajstić information content (AvgIpc) is 3.88. The van der Waals surface area contributed by atoms with Gasteiger partial charge in [0.25, 0.3) is 5.91 Å². The van der Waals surface area contributed by atoms with Gasteiger partial charge in [0.05, 0.1) is 51.7 Å². The summed E-state index contributed by atoms with van der Waals surface area (Å²) in [5.41, 5.74) is 4.16. The van der Waals surface area contributed by atoms with E-state index in [9.17, 15) is 9.90 Å². The number of nitrogens with zero attached hydrogens (tertiary/aromatic N) is 5. The number of hydrogen-bond acceptors (Lipinski definition) is 7. The molecule has 10 nitrogen and oxygen atoms in total. The van der Waals surface area contributed by atoms with Crippen molar-refractivity contribution in [1.82, 2.24) is 15.0 Å². The lowest BCUT2D eigenvalue weighted by molar-refractivity contribution is -0.146. The van der Waals surface area contributed by atoms with E-state index < -0.39 is 13.7 Å². The SMILES string of the molecule is COc1ccc([Si](C)(C)[C@@H]2[C@@H](CCn3cc(C(CO)c4ccccc4)nn3)O[C@]3(C(=O)N(Cc4ccc(N5CCCCC5=O)cc4)c4ccc(Br)cc43)[C@H]2C)cc1. The molecule has 2 fully saturated rings. The van der Waals surface area contributed by atoms with Crippen LogP contribution in [0.25, 0.3) is 0 Å². The number of halogens is 1. The zero-order valence-electron chi connectivity index (χ0n) is 33.0. The summed E-state index contributed by atoms with van der Waals surface area (Å²) in [4.78, 5) is 31.7. The molecule has 0 aliphatic carbocycles. The molecule has 8 rings (SSSR count). The number of amides is 2. The zero-order chi connectivity index (χ0) is 39.9. The molecule has 2 amide bonds. The molecule has 5 atom stereocenters. The van der Waals surface area contributed by atoms with E-state index in [1.54, 1.807) is 7.11 Å². The maximum atomic E-state index is 15.3. The Morgan fingerprint density at radius 2 is 1.75 bits per heavy atom. The second-order valence-corrected chi connectivity index (χ2v) is 21.8. The second-order valence-electron chi connectivity index (χ2n) is 16.2. The molecule has 0 saturated carbocycles. The lowest BCUT2D eigenvalue weighted by atomic mass is 9.82. The van der Waals surface area contributed by atoms with Crippen LogP contribution < -0.4 is 19.7 Å². The monoisotopic (exact) mass is 847 g/mol. The van der Waals surface area contributed by atoms with E-state index in [2.05, 4.69) is 64.5 Å². The van der Waals surface area contributed by atoms with Crippen molar-refractivity contribution < 1.29 is 24.2 Å². The van der Waals surface area contributed by atoms with E-state index in [0.717, 1.165) is 57.7 Å². The standard InChI is InChI=1S/C45H50BrN5O5Si/c1-30-43(57(3,4)36-20-18-35(55-2)19-21-36)41(23-25-49-28-39(47-48-49)37(29-52)32-10-6-5-7-11-32)56-45(30)38-26-33(46)15-22-40(38)51(44(45)54)27-31-13-16-34(17-14-31)50-24-9-8-12-42(50)53/h5-7,10-11,13-22,26,28,30,37,41,43,52H,8-9,12,23-25,27,29H2,1-4H3/t30-,37?,41+,43-,45+/m0/s1. The molecule has 12 heteroatoms. The second kappa shape index (κ2) is 16.0.